The molecule has 0 N–H and O–H groups in total. The van der Waals surface area contributed by atoms with Gasteiger partial charge in [-0.3, -0.25) is 14.4 Å². The van der Waals surface area contributed by atoms with Gasteiger partial charge in [-0.25, -0.2) is 0 Å². The molecule has 6 heteroatoms. The zero-order valence-corrected chi connectivity index (χ0v) is 50.8. The highest BCUT2D eigenvalue weighted by molar-refractivity contribution is 5.71. The summed E-state index contributed by atoms with van der Waals surface area (Å²) in [5.41, 5.74) is 0. The van der Waals surface area contributed by atoms with Crippen LogP contribution < -0.4 is 0 Å². The maximum Gasteiger partial charge on any atom is 0.306 e. The molecule has 0 aromatic carbocycles. The zero-order valence-electron chi connectivity index (χ0n) is 50.8. The summed E-state index contributed by atoms with van der Waals surface area (Å²) in [5.74, 6) is -0.960. The summed E-state index contributed by atoms with van der Waals surface area (Å²) in [7, 11) is 0. The maximum absolute atomic E-state index is 12.9. The van der Waals surface area contributed by atoms with Crippen molar-refractivity contribution in [2.24, 2.45) is 0 Å². The summed E-state index contributed by atoms with van der Waals surface area (Å²) in [5, 5.41) is 0. The van der Waals surface area contributed by atoms with E-state index in [0.29, 0.717) is 19.3 Å². The Morgan fingerprint density at radius 1 is 0.266 bits per heavy atom. The molecule has 6 nitrogen and oxygen atoms in total. The first-order valence-corrected chi connectivity index (χ1v) is 32.0. The highest BCUT2D eigenvalue weighted by atomic mass is 16.6. The van der Waals surface area contributed by atoms with E-state index in [9.17, 15) is 14.4 Å². The molecule has 0 aromatic heterocycles. The lowest BCUT2D eigenvalue weighted by molar-refractivity contribution is -0.167. The first-order valence-electron chi connectivity index (χ1n) is 32.0. The minimum Gasteiger partial charge on any atom is -0.462 e. The molecule has 79 heavy (non-hydrogen) atoms. The van der Waals surface area contributed by atoms with Crippen molar-refractivity contribution in [1.82, 2.24) is 0 Å². The number of esters is 3. The number of hydrogen-bond acceptors (Lipinski definition) is 6. The summed E-state index contributed by atoms with van der Waals surface area (Å²) < 4.78 is 16.9. The van der Waals surface area contributed by atoms with Gasteiger partial charge in [-0.15, -0.1) is 0 Å². The Hall–Kier alpha value is -4.97. The smallest absolute Gasteiger partial charge is 0.306 e. The van der Waals surface area contributed by atoms with E-state index in [1.165, 1.54) is 64.2 Å². The van der Waals surface area contributed by atoms with E-state index < -0.39 is 6.10 Å². The van der Waals surface area contributed by atoms with Gasteiger partial charge in [0.15, 0.2) is 6.10 Å². The van der Waals surface area contributed by atoms with Gasteiger partial charge in [-0.05, 0) is 148 Å². The lowest BCUT2D eigenvalue weighted by Crippen LogP contribution is -2.30. The molecule has 444 valence electrons. The molecule has 0 aliphatic rings. The highest BCUT2D eigenvalue weighted by Gasteiger charge is 2.19. The topological polar surface area (TPSA) is 78.9 Å². The van der Waals surface area contributed by atoms with Gasteiger partial charge in [-0.1, -0.05) is 256 Å². The molecular formula is C73H116O6. The fourth-order valence-corrected chi connectivity index (χ4v) is 8.27. The lowest BCUT2D eigenvalue weighted by Gasteiger charge is -2.18. The van der Waals surface area contributed by atoms with Crippen LogP contribution in [0.3, 0.4) is 0 Å². The highest BCUT2D eigenvalue weighted by Crippen LogP contribution is 2.14. The van der Waals surface area contributed by atoms with Gasteiger partial charge < -0.3 is 14.2 Å². The van der Waals surface area contributed by atoms with Crippen LogP contribution >= 0.6 is 0 Å². The van der Waals surface area contributed by atoms with E-state index >= 15 is 0 Å². The molecule has 0 aromatic rings. The van der Waals surface area contributed by atoms with Crippen LogP contribution in [-0.4, -0.2) is 37.2 Å². The van der Waals surface area contributed by atoms with Crippen LogP contribution in [0.25, 0.3) is 0 Å². The standard InChI is InChI=1S/C73H116O6/c1-4-7-10-13-16-19-22-25-27-29-31-32-33-34-35-36-37-38-39-40-42-43-45-48-51-54-57-60-63-66-72(75)78-69-70(68-77-71(74)65-62-59-56-53-50-47-24-21-18-15-12-9-6-3)79-73(76)67-64-61-58-55-52-49-46-44-41-30-28-26-23-20-17-14-11-8-5-2/h7-8,10-11,16-17,19-21,24-28,31-32,34-35,37-38,40-42,44,49,52,70H,4-6,9,12-15,18,22-23,29-30,33,36,39,43,45-48,50-51,53-69H2,1-3H3/b10-7-,11-8-,19-16-,20-17-,24-21-,27-25-,28-26-,32-31-,35-34-,38-37-,42-40-,44-41-,52-49-. The number of carbonyl (C=O) groups is 3. The number of ether oxygens (including phenoxy) is 3. The second-order valence-corrected chi connectivity index (χ2v) is 20.5. The van der Waals surface area contributed by atoms with E-state index in [4.69, 9.17) is 14.2 Å². The first-order chi connectivity index (χ1) is 39.0. The Kier molecular flexibility index (Phi) is 61.4. The average Bonchev–Trinajstić information content (AvgIpc) is 3.45. The van der Waals surface area contributed by atoms with Crippen LogP contribution in [0.5, 0.6) is 0 Å². The molecule has 0 fully saturated rings. The van der Waals surface area contributed by atoms with Gasteiger partial charge in [-0.2, -0.15) is 0 Å². The van der Waals surface area contributed by atoms with Crippen LogP contribution in [-0.2, 0) is 28.6 Å². The molecule has 1 atom stereocenters. The van der Waals surface area contributed by atoms with E-state index in [0.717, 1.165) is 154 Å². The minimum absolute atomic E-state index is 0.105. The summed E-state index contributed by atoms with van der Waals surface area (Å²) in [6.45, 7) is 6.35. The number of unbranched alkanes of at least 4 members (excludes halogenated alkanes) is 19. The summed E-state index contributed by atoms with van der Waals surface area (Å²) in [6, 6.07) is 0. The van der Waals surface area contributed by atoms with Crippen molar-refractivity contribution >= 4 is 17.9 Å². The number of allylic oxidation sites excluding steroid dienone is 26. The first kappa shape index (κ1) is 74.0. The van der Waals surface area contributed by atoms with Crippen LogP contribution in [0.15, 0.2) is 158 Å². The molecule has 0 heterocycles. The van der Waals surface area contributed by atoms with Crippen LogP contribution in [0, 0.1) is 0 Å². The Bertz CT molecular complexity index is 1780. The van der Waals surface area contributed by atoms with E-state index in [1.54, 1.807) is 0 Å². The van der Waals surface area contributed by atoms with Crippen molar-refractivity contribution in [2.45, 2.75) is 271 Å². The van der Waals surface area contributed by atoms with E-state index in [1.807, 2.05) is 0 Å². The quantitative estimate of drug-likeness (QED) is 0.0261. The normalized spacial score (nSPS) is 13.2. The van der Waals surface area contributed by atoms with Crippen molar-refractivity contribution in [3.05, 3.63) is 158 Å². The van der Waals surface area contributed by atoms with Gasteiger partial charge in [0.25, 0.3) is 0 Å². The van der Waals surface area contributed by atoms with Gasteiger partial charge in [0.1, 0.15) is 13.2 Å². The Morgan fingerprint density at radius 3 is 0.797 bits per heavy atom. The largest absolute Gasteiger partial charge is 0.462 e. The van der Waals surface area contributed by atoms with Crippen molar-refractivity contribution in [1.29, 1.82) is 0 Å². The predicted octanol–water partition coefficient (Wildman–Crippen LogP) is 22.1. The molecule has 1 unspecified atom stereocenters. The molecule has 0 aliphatic carbocycles. The molecule has 0 saturated carbocycles. The SMILES string of the molecule is CC/C=C\C/C=C\C/C=C\C/C=C\C/C=C\C/C=C\C/C=C\CCCCCCCCCC(=O)OCC(COC(=O)CCCCCCC/C=C\CCCCCC)OC(=O)CCCCC/C=C\C/C=C\C/C=C\C/C=C\C/C=C\CC. The molecule has 0 saturated heterocycles. The molecule has 0 bridgehead atoms. The fourth-order valence-electron chi connectivity index (χ4n) is 8.27. The molecule has 0 radical (unpaired) electrons. The third-order valence-electron chi connectivity index (χ3n) is 13.0. The summed E-state index contributed by atoms with van der Waals surface area (Å²) in [4.78, 5) is 38.3. The number of hydrogen-bond donors (Lipinski definition) is 0. The monoisotopic (exact) mass is 1090 g/mol. The second-order valence-electron chi connectivity index (χ2n) is 20.5. The Balaban J connectivity index is 4.42. The van der Waals surface area contributed by atoms with Crippen molar-refractivity contribution in [3.63, 3.8) is 0 Å². The van der Waals surface area contributed by atoms with Gasteiger partial charge in [0, 0.05) is 19.3 Å². The second kappa shape index (κ2) is 65.5. The van der Waals surface area contributed by atoms with Crippen molar-refractivity contribution in [2.75, 3.05) is 13.2 Å². The third kappa shape index (κ3) is 63.7. The Labute approximate surface area is 486 Å². The predicted molar refractivity (Wildman–Crippen MR) is 343 cm³/mol. The minimum atomic E-state index is -0.812. The van der Waals surface area contributed by atoms with Crippen molar-refractivity contribution in [3.8, 4) is 0 Å². The molecule has 0 rings (SSSR count). The molecule has 0 amide bonds. The Morgan fingerprint density at radius 2 is 0.494 bits per heavy atom. The van der Waals surface area contributed by atoms with Gasteiger partial charge in [0.05, 0.1) is 0 Å². The average molecular weight is 1090 g/mol. The number of carbonyl (C=O) groups excluding carboxylic acids is 3. The molecular weight excluding hydrogens is 973 g/mol. The molecule has 0 aliphatic heterocycles. The van der Waals surface area contributed by atoms with Gasteiger partial charge in [0.2, 0.25) is 0 Å². The summed E-state index contributed by atoms with van der Waals surface area (Å²) >= 11 is 0. The number of rotatable bonds is 56. The van der Waals surface area contributed by atoms with Crippen LogP contribution in [0.2, 0.25) is 0 Å². The van der Waals surface area contributed by atoms with E-state index in [2.05, 4.69) is 179 Å². The lowest BCUT2D eigenvalue weighted by atomic mass is 10.1. The third-order valence-corrected chi connectivity index (χ3v) is 13.0. The zero-order chi connectivity index (χ0) is 57.1. The summed E-state index contributed by atoms with van der Waals surface area (Å²) in [6.07, 6.45) is 95.3. The molecule has 0 spiro atoms. The van der Waals surface area contributed by atoms with E-state index in [-0.39, 0.29) is 37.5 Å². The fraction of sp³-hybridized carbons (Fsp3) is 0.603. The van der Waals surface area contributed by atoms with Crippen molar-refractivity contribution < 1.29 is 28.6 Å². The van der Waals surface area contributed by atoms with Crippen LogP contribution in [0.4, 0.5) is 0 Å². The van der Waals surface area contributed by atoms with Crippen LogP contribution in [0.1, 0.15) is 265 Å². The van der Waals surface area contributed by atoms with Gasteiger partial charge >= 0.3 is 17.9 Å². The maximum atomic E-state index is 12.9.